The van der Waals surface area contributed by atoms with E-state index in [-0.39, 0.29) is 0 Å². The minimum atomic E-state index is 0.620. The summed E-state index contributed by atoms with van der Waals surface area (Å²) in [4.78, 5) is 4.22. The smallest absolute Gasteiger partial charge is 0.0790 e. The zero-order chi connectivity index (χ0) is 10.1. The van der Waals surface area contributed by atoms with Crippen LogP contribution >= 0.6 is 23.2 Å². The molecule has 0 aliphatic heterocycles. The SMILES string of the molecule is C=Cc1c(Cl)ccc2cc(Cl)cnc12. The summed E-state index contributed by atoms with van der Waals surface area (Å²) in [6.07, 6.45) is 3.30. The molecular formula is C11H7Cl2N. The lowest BCUT2D eigenvalue weighted by atomic mass is 10.1. The molecule has 2 rings (SSSR count). The Labute approximate surface area is 92.0 Å². The summed E-state index contributed by atoms with van der Waals surface area (Å²) in [5.41, 5.74) is 1.68. The number of rotatable bonds is 1. The first-order chi connectivity index (χ1) is 6.72. The van der Waals surface area contributed by atoms with Gasteiger partial charge in [-0.15, -0.1) is 0 Å². The van der Waals surface area contributed by atoms with E-state index in [2.05, 4.69) is 11.6 Å². The van der Waals surface area contributed by atoms with Crippen LogP contribution in [0.3, 0.4) is 0 Å². The molecule has 1 nitrogen and oxygen atoms in total. The third kappa shape index (κ3) is 1.49. The summed E-state index contributed by atoms with van der Waals surface area (Å²) in [5, 5.41) is 2.24. The van der Waals surface area contributed by atoms with Crippen molar-refractivity contribution in [1.82, 2.24) is 4.98 Å². The van der Waals surface area contributed by atoms with Crippen LogP contribution in [0.1, 0.15) is 5.56 Å². The molecule has 0 amide bonds. The topological polar surface area (TPSA) is 12.9 Å². The third-order valence-electron chi connectivity index (χ3n) is 2.01. The van der Waals surface area contributed by atoms with E-state index in [0.717, 1.165) is 16.5 Å². The summed E-state index contributed by atoms with van der Waals surface area (Å²) in [6, 6.07) is 5.57. The molecule has 0 atom stereocenters. The maximum absolute atomic E-state index is 6.00. The van der Waals surface area contributed by atoms with Crippen LogP contribution in [0.25, 0.3) is 17.0 Å². The van der Waals surface area contributed by atoms with Gasteiger partial charge >= 0.3 is 0 Å². The Hall–Kier alpha value is -1.05. The molecule has 0 bridgehead atoms. The molecule has 0 spiro atoms. The molecule has 70 valence electrons. The van der Waals surface area contributed by atoms with Gasteiger partial charge in [0.25, 0.3) is 0 Å². The lowest BCUT2D eigenvalue weighted by molar-refractivity contribution is 1.40. The van der Waals surface area contributed by atoms with Crippen molar-refractivity contribution in [2.75, 3.05) is 0 Å². The van der Waals surface area contributed by atoms with E-state index in [1.54, 1.807) is 12.3 Å². The molecule has 0 unspecified atom stereocenters. The Morgan fingerprint density at radius 2 is 2.07 bits per heavy atom. The minimum Gasteiger partial charge on any atom is -0.254 e. The number of nitrogens with zero attached hydrogens (tertiary/aromatic N) is 1. The number of fused-ring (bicyclic) bond motifs is 1. The van der Waals surface area contributed by atoms with E-state index in [1.165, 1.54) is 0 Å². The van der Waals surface area contributed by atoms with Crippen LogP contribution in [0, 0.1) is 0 Å². The zero-order valence-corrected chi connectivity index (χ0v) is 8.81. The number of pyridine rings is 1. The van der Waals surface area contributed by atoms with Gasteiger partial charge in [-0.1, -0.05) is 41.9 Å². The fraction of sp³-hybridized carbons (Fsp3) is 0. The van der Waals surface area contributed by atoms with E-state index < -0.39 is 0 Å². The van der Waals surface area contributed by atoms with E-state index in [0.29, 0.717) is 10.0 Å². The third-order valence-corrected chi connectivity index (χ3v) is 2.55. The monoisotopic (exact) mass is 223 g/mol. The van der Waals surface area contributed by atoms with Crippen LogP contribution in [0.4, 0.5) is 0 Å². The van der Waals surface area contributed by atoms with Crippen molar-refractivity contribution in [1.29, 1.82) is 0 Å². The molecule has 0 saturated carbocycles. The van der Waals surface area contributed by atoms with E-state index in [4.69, 9.17) is 23.2 Å². The van der Waals surface area contributed by atoms with Gasteiger partial charge in [0.2, 0.25) is 0 Å². The van der Waals surface area contributed by atoms with Gasteiger partial charge in [-0.05, 0) is 12.1 Å². The standard InChI is InChI=1S/C11H7Cl2N/c1-2-9-10(13)4-3-7-5-8(12)6-14-11(7)9/h2-6H,1H2. The van der Waals surface area contributed by atoms with Crippen molar-refractivity contribution in [2.45, 2.75) is 0 Å². The Bertz CT molecular complexity index is 506. The Morgan fingerprint density at radius 3 is 2.79 bits per heavy atom. The van der Waals surface area contributed by atoms with E-state index in [1.807, 2.05) is 18.2 Å². The molecule has 0 N–H and O–H groups in total. The number of aromatic nitrogens is 1. The van der Waals surface area contributed by atoms with Crippen molar-refractivity contribution in [3.8, 4) is 0 Å². The molecular weight excluding hydrogens is 217 g/mol. The Balaban J connectivity index is 2.88. The van der Waals surface area contributed by atoms with Crippen molar-refractivity contribution >= 4 is 40.2 Å². The fourth-order valence-corrected chi connectivity index (χ4v) is 1.76. The quantitative estimate of drug-likeness (QED) is 0.707. The van der Waals surface area contributed by atoms with Gasteiger partial charge in [0.15, 0.2) is 0 Å². The second kappa shape index (κ2) is 3.60. The normalized spacial score (nSPS) is 10.4. The molecule has 0 aliphatic rings. The van der Waals surface area contributed by atoms with Crippen molar-refractivity contribution in [2.24, 2.45) is 0 Å². The lowest BCUT2D eigenvalue weighted by Crippen LogP contribution is -1.84. The highest BCUT2D eigenvalue weighted by atomic mass is 35.5. The van der Waals surface area contributed by atoms with Gasteiger partial charge in [-0.3, -0.25) is 4.98 Å². The number of hydrogen-bond acceptors (Lipinski definition) is 1. The molecule has 0 radical (unpaired) electrons. The maximum Gasteiger partial charge on any atom is 0.0790 e. The van der Waals surface area contributed by atoms with Crippen molar-refractivity contribution < 1.29 is 0 Å². The summed E-state index contributed by atoms with van der Waals surface area (Å²) in [6.45, 7) is 3.71. The molecule has 1 aromatic carbocycles. The molecule has 2 aromatic rings. The van der Waals surface area contributed by atoms with Crippen molar-refractivity contribution in [3.05, 3.63) is 46.6 Å². The first kappa shape index (κ1) is 9.50. The van der Waals surface area contributed by atoms with Crippen LogP contribution in [0.15, 0.2) is 31.0 Å². The lowest BCUT2D eigenvalue weighted by Gasteiger charge is -2.03. The van der Waals surface area contributed by atoms with Crippen LogP contribution in [-0.2, 0) is 0 Å². The Kier molecular flexibility index (Phi) is 2.44. The van der Waals surface area contributed by atoms with Crippen LogP contribution in [0.2, 0.25) is 10.0 Å². The first-order valence-corrected chi connectivity index (χ1v) is 4.84. The summed E-state index contributed by atoms with van der Waals surface area (Å²) < 4.78 is 0. The highest BCUT2D eigenvalue weighted by molar-refractivity contribution is 6.33. The van der Waals surface area contributed by atoms with E-state index >= 15 is 0 Å². The average molecular weight is 224 g/mol. The predicted molar refractivity (Wildman–Crippen MR) is 61.9 cm³/mol. The molecule has 14 heavy (non-hydrogen) atoms. The minimum absolute atomic E-state index is 0.620. The molecule has 0 fully saturated rings. The summed E-state index contributed by atoms with van der Waals surface area (Å²) in [7, 11) is 0. The molecule has 0 aliphatic carbocycles. The summed E-state index contributed by atoms with van der Waals surface area (Å²) in [5.74, 6) is 0. The summed E-state index contributed by atoms with van der Waals surface area (Å²) >= 11 is 11.8. The first-order valence-electron chi connectivity index (χ1n) is 4.08. The average Bonchev–Trinajstić information content (AvgIpc) is 2.18. The van der Waals surface area contributed by atoms with Gasteiger partial charge in [-0.25, -0.2) is 0 Å². The van der Waals surface area contributed by atoms with Gasteiger partial charge in [0.1, 0.15) is 0 Å². The molecule has 3 heteroatoms. The number of benzene rings is 1. The number of hydrogen-bond donors (Lipinski definition) is 0. The van der Waals surface area contributed by atoms with Gasteiger partial charge in [0, 0.05) is 22.2 Å². The fourth-order valence-electron chi connectivity index (χ4n) is 1.37. The van der Waals surface area contributed by atoms with Crippen LogP contribution in [0.5, 0.6) is 0 Å². The predicted octanol–water partition coefficient (Wildman–Crippen LogP) is 4.18. The zero-order valence-electron chi connectivity index (χ0n) is 7.30. The molecule has 1 heterocycles. The molecule has 1 aromatic heterocycles. The largest absolute Gasteiger partial charge is 0.254 e. The van der Waals surface area contributed by atoms with Gasteiger partial charge < -0.3 is 0 Å². The van der Waals surface area contributed by atoms with Gasteiger partial charge in [-0.2, -0.15) is 0 Å². The Morgan fingerprint density at radius 1 is 1.29 bits per heavy atom. The second-order valence-electron chi connectivity index (χ2n) is 2.89. The molecule has 0 saturated heterocycles. The van der Waals surface area contributed by atoms with Crippen LogP contribution < -0.4 is 0 Å². The second-order valence-corrected chi connectivity index (χ2v) is 3.73. The van der Waals surface area contributed by atoms with Crippen LogP contribution in [-0.4, -0.2) is 4.98 Å². The highest BCUT2D eigenvalue weighted by Crippen LogP contribution is 2.26. The highest BCUT2D eigenvalue weighted by Gasteiger charge is 2.04. The number of halogens is 2. The van der Waals surface area contributed by atoms with Gasteiger partial charge in [0.05, 0.1) is 10.5 Å². The van der Waals surface area contributed by atoms with E-state index in [9.17, 15) is 0 Å². The van der Waals surface area contributed by atoms with Crippen molar-refractivity contribution in [3.63, 3.8) is 0 Å². The maximum atomic E-state index is 6.00.